The fourth-order valence-electron chi connectivity index (χ4n) is 3.24. The molecular weight excluding hydrogens is 410 g/mol. The van der Waals surface area contributed by atoms with E-state index in [0.29, 0.717) is 38.2 Å². The van der Waals surface area contributed by atoms with Crippen molar-refractivity contribution in [2.24, 2.45) is 5.73 Å². The third-order valence-corrected chi connectivity index (χ3v) is 5.61. The number of carbonyl (C=O) groups is 2. The summed E-state index contributed by atoms with van der Waals surface area (Å²) in [4.78, 5) is 28.5. The number of hydrogen-bond donors (Lipinski definition) is 2. The molecule has 9 heteroatoms. The fourth-order valence-corrected chi connectivity index (χ4v) is 3.76. The second kappa shape index (κ2) is 10.4. The lowest BCUT2D eigenvalue weighted by Crippen LogP contribution is -2.38. The highest BCUT2D eigenvalue weighted by atomic mass is 32.2. The van der Waals surface area contributed by atoms with E-state index in [0.717, 1.165) is 23.6 Å². The van der Waals surface area contributed by atoms with Crippen molar-refractivity contribution < 1.29 is 18.4 Å². The molecule has 2 amide bonds. The molecule has 1 aliphatic rings. The highest BCUT2D eigenvalue weighted by molar-refractivity contribution is 8.00. The van der Waals surface area contributed by atoms with E-state index in [9.17, 15) is 18.4 Å². The summed E-state index contributed by atoms with van der Waals surface area (Å²) in [6.45, 7) is 1.89. The Morgan fingerprint density at radius 2 is 1.53 bits per heavy atom. The molecule has 0 radical (unpaired) electrons. The van der Waals surface area contributed by atoms with E-state index >= 15 is 0 Å². The van der Waals surface area contributed by atoms with Crippen LogP contribution in [-0.2, 0) is 0 Å². The average molecular weight is 435 g/mol. The Hall–Kier alpha value is -2.65. The zero-order valence-corrected chi connectivity index (χ0v) is 17.3. The summed E-state index contributed by atoms with van der Waals surface area (Å²) in [5, 5.41) is 0. The Kier molecular flexibility index (Phi) is 7.64. The van der Waals surface area contributed by atoms with Gasteiger partial charge >= 0.3 is 0 Å². The van der Waals surface area contributed by atoms with Gasteiger partial charge in [-0.15, -0.1) is 0 Å². The van der Waals surface area contributed by atoms with Gasteiger partial charge in [0, 0.05) is 49.7 Å². The molecule has 2 aromatic carbocycles. The van der Waals surface area contributed by atoms with Gasteiger partial charge in [0.15, 0.2) is 0 Å². The molecule has 0 unspecified atom stereocenters. The normalized spacial score (nSPS) is 14.4. The molecular formula is C21H24F2N4O2S. The molecule has 1 saturated heterocycles. The van der Waals surface area contributed by atoms with Crippen LogP contribution in [0, 0.1) is 11.6 Å². The van der Waals surface area contributed by atoms with Crippen LogP contribution < -0.4 is 10.5 Å². The average Bonchev–Trinajstić information content (AvgIpc) is 3.00. The van der Waals surface area contributed by atoms with Crippen LogP contribution in [-0.4, -0.2) is 60.1 Å². The lowest BCUT2D eigenvalue weighted by molar-refractivity contribution is 0.0713. The van der Waals surface area contributed by atoms with Crippen molar-refractivity contribution in [3.8, 4) is 0 Å². The van der Waals surface area contributed by atoms with Crippen molar-refractivity contribution in [2.45, 2.75) is 6.42 Å². The van der Waals surface area contributed by atoms with Gasteiger partial charge in [-0.3, -0.25) is 9.59 Å². The molecule has 1 aliphatic heterocycles. The van der Waals surface area contributed by atoms with E-state index in [2.05, 4.69) is 4.72 Å². The Balaban J connectivity index is 1.62. The number of rotatable bonds is 6. The molecule has 0 aliphatic carbocycles. The quantitative estimate of drug-likeness (QED) is 0.540. The van der Waals surface area contributed by atoms with E-state index in [-0.39, 0.29) is 12.5 Å². The number of hydrogen-bond acceptors (Lipinski definition) is 5. The number of anilines is 1. The predicted molar refractivity (Wildman–Crippen MR) is 114 cm³/mol. The summed E-state index contributed by atoms with van der Waals surface area (Å²) < 4.78 is 31.0. The molecule has 0 atom stereocenters. The Morgan fingerprint density at radius 3 is 2.13 bits per heavy atom. The molecule has 6 nitrogen and oxygen atoms in total. The highest BCUT2D eigenvalue weighted by Gasteiger charge is 2.26. The van der Waals surface area contributed by atoms with Crippen molar-refractivity contribution in [1.82, 2.24) is 9.80 Å². The van der Waals surface area contributed by atoms with Crippen LogP contribution in [0.2, 0.25) is 0 Å². The van der Waals surface area contributed by atoms with Crippen molar-refractivity contribution >= 4 is 29.4 Å². The molecule has 30 heavy (non-hydrogen) atoms. The van der Waals surface area contributed by atoms with Crippen LogP contribution in [0.3, 0.4) is 0 Å². The standard InChI is InChI=1S/C21H24F2N4O2S/c22-17-3-1-4-18(23)19(17)21(29)27-11-2-10-26(12-13-27)20(28)15-5-7-16(8-6-15)25-30-14-9-24/h1,3-8,25H,2,9-14,24H2. The fraction of sp³-hybridized carbons (Fsp3) is 0.333. The Morgan fingerprint density at radius 1 is 0.933 bits per heavy atom. The number of nitrogens with zero attached hydrogens (tertiary/aromatic N) is 2. The maximum Gasteiger partial charge on any atom is 0.259 e. The van der Waals surface area contributed by atoms with Crippen LogP contribution in [0.5, 0.6) is 0 Å². The van der Waals surface area contributed by atoms with Crippen molar-refractivity contribution in [3.63, 3.8) is 0 Å². The van der Waals surface area contributed by atoms with Gasteiger partial charge in [0.25, 0.3) is 11.8 Å². The Labute approximate surface area is 178 Å². The summed E-state index contributed by atoms with van der Waals surface area (Å²) in [7, 11) is 0. The zero-order valence-electron chi connectivity index (χ0n) is 16.4. The first kappa shape index (κ1) is 22.0. The third-order valence-electron chi connectivity index (χ3n) is 4.79. The molecule has 1 heterocycles. The summed E-state index contributed by atoms with van der Waals surface area (Å²) in [6, 6.07) is 10.5. The summed E-state index contributed by atoms with van der Waals surface area (Å²) in [5.41, 5.74) is 6.33. The molecule has 160 valence electrons. The van der Waals surface area contributed by atoms with Crippen LogP contribution in [0.15, 0.2) is 42.5 Å². The number of nitrogens with one attached hydrogen (secondary N) is 1. The topological polar surface area (TPSA) is 78.7 Å². The van der Waals surface area contributed by atoms with E-state index in [1.165, 1.54) is 22.9 Å². The third kappa shape index (κ3) is 5.28. The first-order chi connectivity index (χ1) is 14.5. The zero-order chi connectivity index (χ0) is 21.5. The van der Waals surface area contributed by atoms with Gasteiger partial charge in [-0.25, -0.2) is 8.78 Å². The van der Waals surface area contributed by atoms with Gasteiger partial charge < -0.3 is 20.3 Å². The van der Waals surface area contributed by atoms with Gasteiger partial charge in [-0.05, 0) is 42.8 Å². The predicted octanol–water partition coefficient (Wildman–Crippen LogP) is 2.97. The van der Waals surface area contributed by atoms with E-state index in [4.69, 9.17) is 5.73 Å². The second-order valence-corrected chi connectivity index (χ2v) is 7.75. The molecule has 0 aromatic heterocycles. The summed E-state index contributed by atoms with van der Waals surface area (Å²) >= 11 is 1.49. The minimum Gasteiger partial charge on any atom is -0.337 e. The SMILES string of the molecule is NCCSNc1ccc(C(=O)N2CCCN(C(=O)c3c(F)cccc3F)CC2)cc1. The van der Waals surface area contributed by atoms with Gasteiger partial charge in [0.1, 0.15) is 17.2 Å². The monoisotopic (exact) mass is 434 g/mol. The lowest BCUT2D eigenvalue weighted by Gasteiger charge is -2.22. The second-order valence-electron chi connectivity index (χ2n) is 6.85. The molecule has 0 bridgehead atoms. The van der Waals surface area contributed by atoms with Crippen molar-refractivity contribution in [1.29, 1.82) is 0 Å². The van der Waals surface area contributed by atoms with Gasteiger partial charge in [0.05, 0.1) is 0 Å². The molecule has 0 saturated carbocycles. The number of benzene rings is 2. The molecule has 3 N–H and O–H groups in total. The van der Waals surface area contributed by atoms with E-state index in [1.807, 2.05) is 12.1 Å². The van der Waals surface area contributed by atoms with E-state index < -0.39 is 23.1 Å². The lowest BCUT2D eigenvalue weighted by atomic mass is 10.1. The number of halogens is 2. The molecule has 0 spiro atoms. The summed E-state index contributed by atoms with van der Waals surface area (Å²) in [5.74, 6) is -1.81. The number of amides is 2. The first-order valence-electron chi connectivity index (χ1n) is 9.71. The smallest absolute Gasteiger partial charge is 0.259 e. The van der Waals surface area contributed by atoms with Gasteiger partial charge in [-0.1, -0.05) is 18.0 Å². The maximum absolute atomic E-state index is 13.9. The molecule has 2 aromatic rings. The van der Waals surface area contributed by atoms with Gasteiger partial charge in [0.2, 0.25) is 0 Å². The molecule has 1 fully saturated rings. The van der Waals surface area contributed by atoms with Crippen LogP contribution in [0.25, 0.3) is 0 Å². The largest absolute Gasteiger partial charge is 0.337 e. The minimum atomic E-state index is -0.879. The molecule has 3 rings (SSSR count). The number of carbonyl (C=O) groups excluding carboxylic acids is 2. The minimum absolute atomic E-state index is 0.137. The Bertz CT molecular complexity index is 875. The van der Waals surface area contributed by atoms with Crippen LogP contribution in [0.4, 0.5) is 14.5 Å². The van der Waals surface area contributed by atoms with E-state index in [1.54, 1.807) is 17.0 Å². The maximum atomic E-state index is 13.9. The van der Waals surface area contributed by atoms with Crippen LogP contribution >= 0.6 is 11.9 Å². The van der Waals surface area contributed by atoms with Gasteiger partial charge in [-0.2, -0.15) is 0 Å². The summed E-state index contributed by atoms with van der Waals surface area (Å²) in [6.07, 6.45) is 0.531. The number of nitrogens with two attached hydrogens (primary N) is 1. The highest BCUT2D eigenvalue weighted by Crippen LogP contribution is 2.18. The first-order valence-corrected chi connectivity index (χ1v) is 10.7. The van der Waals surface area contributed by atoms with Crippen molar-refractivity contribution in [3.05, 3.63) is 65.2 Å². The van der Waals surface area contributed by atoms with Crippen LogP contribution in [0.1, 0.15) is 27.1 Å². The van der Waals surface area contributed by atoms with Crippen molar-refractivity contribution in [2.75, 3.05) is 43.2 Å².